The molecule has 1 saturated carbocycles. The van der Waals surface area contributed by atoms with Crippen molar-refractivity contribution in [3.63, 3.8) is 0 Å². The van der Waals surface area contributed by atoms with Gasteiger partial charge in [0.2, 0.25) is 0 Å². The van der Waals surface area contributed by atoms with Crippen LogP contribution in [0.15, 0.2) is 43.5 Å². The molecule has 1 aromatic rings. The molecule has 0 aromatic heterocycles. The van der Waals surface area contributed by atoms with Crippen molar-refractivity contribution in [2.24, 2.45) is 5.92 Å². The molecule has 0 radical (unpaired) electrons. The van der Waals surface area contributed by atoms with Crippen LogP contribution in [0.4, 0.5) is 0 Å². The van der Waals surface area contributed by atoms with Crippen molar-refractivity contribution in [3.8, 4) is 5.75 Å². The minimum Gasteiger partial charge on any atom is -0.492 e. The Labute approximate surface area is 126 Å². The first-order valence-electron chi connectivity index (χ1n) is 7.54. The van der Waals surface area contributed by atoms with Gasteiger partial charge in [0.15, 0.2) is 0 Å². The Hall–Kier alpha value is -1.83. The van der Waals surface area contributed by atoms with Crippen molar-refractivity contribution >= 4 is 6.29 Å². The lowest BCUT2D eigenvalue weighted by molar-refractivity contribution is -0.109. The van der Waals surface area contributed by atoms with Gasteiger partial charge in [0.05, 0.1) is 6.61 Å². The topological polar surface area (TPSA) is 26.3 Å². The molecule has 1 aliphatic carbocycles. The summed E-state index contributed by atoms with van der Waals surface area (Å²) in [5, 5.41) is 0. The van der Waals surface area contributed by atoms with Gasteiger partial charge < -0.3 is 9.53 Å². The Morgan fingerprint density at radius 3 is 2.62 bits per heavy atom. The average molecular weight is 282 g/mol. The van der Waals surface area contributed by atoms with E-state index in [1.54, 1.807) is 0 Å². The third kappa shape index (κ3) is 2.05. The predicted octanol–water partition coefficient (Wildman–Crippen LogP) is 3.95. The number of hydrogen-bond donors (Lipinski definition) is 0. The van der Waals surface area contributed by atoms with Gasteiger partial charge in [-0.25, -0.2) is 0 Å². The molecule has 1 aromatic carbocycles. The first kappa shape index (κ1) is 14.1. The van der Waals surface area contributed by atoms with Crippen LogP contribution >= 0.6 is 0 Å². The lowest BCUT2D eigenvalue weighted by Crippen LogP contribution is -2.27. The van der Waals surface area contributed by atoms with Crippen LogP contribution in [-0.2, 0) is 15.6 Å². The summed E-state index contributed by atoms with van der Waals surface area (Å²) < 4.78 is 5.90. The first-order valence-corrected chi connectivity index (χ1v) is 7.54. The van der Waals surface area contributed by atoms with Crippen molar-refractivity contribution in [1.82, 2.24) is 0 Å². The molecule has 0 spiro atoms. The third-order valence-electron chi connectivity index (χ3n) is 5.25. The number of rotatable bonds is 6. The third-order valence-corrected chi connectivity index (χ3v) is 5.25. The molecular weight excluding hydrogens is 260 g/mol. The molecule has 2 heteroatoms. The number of hydrogen-bond acceptors (Lipinski definition) is 2. The molecule has 1 heterocycles. The number of aldehydes is 1. The fraction of sp³-hybridized carbons (Fsp3) is 0.421. The Balaban J connectivity index is 2.03. The number of carbonyl (C=O) groups excluding carboxylic acids is 1. The largest absolute Gasteiger partial charge is 0.492 e. The zero-order valence-corrected chi connectivity index (χ0v) is 12.6. The molecule has 21 heavy (non-hydrogen) atoms. The maximum Gasteiger partial charge on any atom is 0.123 e. The highest BCUT2D eigenvalue weighted by Gasteiger charge is 2.52. The van der Waals surface area contributed by atoms with E-state index < -0.39 is 0 Å². The van der Waals surface area contributed by atoms with Crippen LogP contribution in [-0.4, -0.2) is 12.9 Å². The lowest BCUT2D eigenvalue weighted by Gasteiger charge is -2.26. The molecule has 0 unspecified atom stereocenters. The highest BCUT2D eigenvalue weighted by Crippen LogP contribution is 2.55. The van der Waals surface area contributed by atoms with Gasteiger partial charge >= 0.3 is 0 Å². The molecule has 3 rings (SSSR count). The molecule has 1 fully saturated rings. The van der Waals surface area contributed by atoms with Crippen LogP contribution < -0.4 is 4.74 Å². The van der Waals surface area contributed by atoms with Gasteiger partial charge in [-0.2, -0.15) is 0 Å². The summed E-state index contributed by atoms with van der Waals surface area (Å²) >= 11 is 0. The predicted molar refractivity (Wildman–Crippen MR) is 84.8 cm³/mol. The molecule has 2 atom stereocenters. The number of ether oxygens (including phenoxy) is 1. The zero-order chi connectivity index (χ0) is 15.1. The molecule has 2 nitrogen and oxygen atoms in total. The summed E-state index contributed by atoms with van der Waals surface area (Å²) in [5.41, 5.74) is 2.46. The zero-order valence-electron chi connectivity index (χ0n) is 12.6. The van der Waals surface area contributed by atoms with Crippen molar-refractivity contribution in [1.29, 1.82) is 0 Å². The molecular formula is C19H22O2. The van der Waals surface area contributed by atoms with Crippen LogP contribution in [0.1, 0.15) is 37.3 Å². The van der Waals surface area contributed by atoms with Crippen LogP contribution in [0, 0.1) is 5.92 Å². The number of benzene rings is 1. The molecule has 0 amide bonds. The van der Waals surface area contributed by atoms with Crippen molar-refractivity contribution < 1.29 is 9.53 Å². The molecule has 110 valence electrons. The van der Waals surface area contributed by atoms with E-state index in [0.717, 1.165) is 31.3 Å². The second-order valence-corrected chi connectivity index (χ2v) is 6.63. The van der Waals surface area contributed by atoms with Crippen LogP contribution in [0.25, 0.3) is 0 Å². The quantitative estimate of drug-likeness (QED) is 0.583. The Bertz CT molecular complexity index is 592. The van der Waals surface area contributed by atoms with E-state index in [2.05, 4.69) is 38.3 Å². The van der Waals surface area contributed by atoms with Crippen LogP contribution in [0.2, 0.25) is 0 Å². The van der Waals surface area contributed by atoms with E-state index in [4.69, 9.17) is 4.74 Å². The van der Waals surface area contributed by atoms with Crippen molar-refractivity contribution in [3.05, 3.63) is 54.6 Å². The summed E-state index contributed by atoms with van der Waals surface area (Å²) in [6.07, 6.45) is 7.71. The van der Waals surface area contributed by atoms with E-state index in [0.29, 0.717) is 6.61 Å². The fourth-order valence-corrected chi connectivity index (χ4v) is 3.62. The van der Waals surface area contributed by atoms with Crippen molar-refractivity contribution in [2.45, 2.75) is 37.0 Å². The number of fused-ring (bicyclic) bond motifs is 1. The molecule has 2 aliphatic rings. The Kier molecular flexibility index (Phi) is 3.27. The fourth-order valence-electron chi connectivity index (χ4n) is 3.62. The smallest absolute Gasteiger partial charge is 0.123 e. The minimum atomic E-state index is -0.0449. The maximum absolute atomic E-state index is 11.1. The van der Waals surface area contributed by atoms with Gasteiger partial charge in [-0.3, -0.25) is 0 Å². The highest BCUT2D eigenvalue weighted by atomic mass is 16.5. The number of allylic oxidation sites excluding steroid dienone is 2. The van der Waals surface area contributed by atoms with Crippen molar-refractivity contribution in [2.75, 3.05) is 6.61 Å². The summed E-state index contributed by atoms with van der Waals surface area (Å²) in [7, 11) is 0. The standard InChI is InChI=1S/C19H22O2/c1-4-8-19(9-5-2)13-21-17-7-6-14(10-16(17)19)18(3)11-15(18)12-20/h4-7,10,12,15H,1-2,8-9,11,13H2,3H3/t15-,18-/m1/s1. The van der Waals surface area contributed by atoms with Crippen LogP contribution in [0.5, 0.6) is 5.75 Å². The molecule has 0 saturated heterocycles. The second-order valence-electron chi connectivity index (χ2n) is 6.63. The van der Waals surface area contributed by atoms with Gasteiger partial charge in [0.25, 0.3) is 0 Å². The summed E-state index contributed by atoms with van der Waals surface area (Å²) in [5.74, 6) is 1.13. The van der Waals surface area contributed by atoms with E-state index in [1.165, 1.54) is 11.1 Å². The first-order chi connectivity index (χ1) is 10.1. The second kappa shape index (κ2) is 4.87. The van der Waals surface area contributed by atoms with Gasteiger partial charge in [0, 0.05) is 22.3 Å². The summed E-state index contributed by atoms with van der Waals surface area (Å²) in [6, 6.07) is 6.42. The normalized spacial score (nSPS) is 28.3. The highest BCUT2D eigenvalue weighted by molar-refractivity contribution is 5.65. The van der Waals surface area contributed by atoms with Gasteiger partial charge in [0.1, 0.15) is 12.0 Å². The minimum absolute atomic E-state index is 0.00741. The molecule has 0 bridgehead atoms. The average Bonchev–Trinajstić information content (AvgIpc) is 3.05. The Morgan fingerprint density at radius 1 is 1.33 bits per heavy atom. The van der Waals surface area contributed by atoms with Crippen LogP contribution in [0.3, 0.4) is 0 Å². The molecule has 1 aliphatic heterocycles. The van der Waals surface area contributed by atoms with Gasteiger partial charge in [-0.1, -0.05) is 31.2 Å². The van der Waals surface area contributed by atoms with E-state index in [9.17, 15) is 4.79 Å². The Morgan fingerprint density at radius 2 is 2.05 bits per heavy atom. The lowest BCUT2D eigenvalue weighted by atomic mass is 9.75. The van der Waals surface area contributed by atoms with Gasteiger partial charge in [-0.05, 0) is 30.9 Å². The summed E-state index contributed by atoms with van der Waals surface area (Å²) in [6.45, 7) is 10.6. The van der Waals surface area contributed by atoms with E-state index in [-0.39, 0.29) is 16.7 Å². The van der Waals surface area contributed by atoms with E-state index >= 15 is 0 Å². The maximum atomic E-state index is 11.1. The van der Waals surface area contributed by atoms with Gasteiger partial charge in [-0.15, -0.1) is 13.2 Å². The number of carbonyl (C=O) groups is 1. The summed E-state index contributed by atoms with van der Waals surface area (Å²) in [4.78, 5) is 11.1. The van der Waals surface area contributed by atoms with E-state index in [1.807, 2.05) is 12.2 Å². The SMILES string of the molecule is C=CCC1(CC=C)COc2ccc([C@@]3(C)C[C@@H]3C=O)cc21. The molecule has 0 N–H and O–H groups in total. The monoisotopic (exact) mass is 282 g/mol.